The number of ether oxygens (including phenoxy) is 1. The molecule has 0 amide bonds. The molecule has 0 spiro atoms. The van der Waals surface area contributed by atoms with Crippen molar-refractivity contribution in [2.75, 3.05) is 7.11 Å². The molecule has 0 aliphatic heterocycles. The first-order valence-electron chi connectivity index (χ1n) is 6.31. The lowest BCUT2D eigenvalue weighted by molar-refractivity contribution is 0.00973. The SMILES string of the molecule is CCCC(O)C(O)CCc1cccc(OC)c1O. The van der Waals surface area contributed by atoms with Crippen molar-refractivity contribution in [3.63, 3.8) is 0 Å². The smallest absolute Gasteiger partial charge is 0.160 e. The Kier molecular flexibility index (Phi) is 5.95. The zero-order valence-corrected chi connectivity index (χ0v) is 11.0. The van der Waals surface area contributed by atoms with E-state index in [2.05, 4.69) is 0 Å². The molecule has 0 bridgehead atoms. The quantitative estimate of drug-likeness (QED) is 0.694. The number of phenolic OH excluding ortho intramolecular Hbond substituents is 1. The molecule has 0 radical (unpaired) electrons. The van der Waals surface area contributed by atoms with Crippen LogP contribution in [-0.2, 0) is 6.42 Å². The molecule has 102 valence electrons. The van der Waals surface area contributed by atoms with Crippen LogP contribution in [0.2, 0.25) is 0 Å². The molecule has 4 heteroatoms. The summed E-state index contributed by atoms with van der Waals surface area (Å²) in [6.07, 6.45) is 0.902. The van der Waals surface area contributed by atoms with Gasteiger partial charge in [0.25, 0.3) is 0 Å². The lowest BCUT2D eigenvalue weighted by Gasteiger charge is -2.17. The highest BCUT2D eigenvalue weighted by Crippen LogP contribution is 2.30. The highest BCUT2D eigenvalue weighted by Gasteiger charge is 2.16. The number of aromatic hydroxyl groups is 1. The van der Waals surface area contributed by atoms with E-state index in [4.69, 9.17) is 4.74 Å². The summed E-state index contributed by atoms with van der Waals surface area (Å²) in [6, 6.07) is 5.26. The Hall–Kier alpha value is -1.26. The average molecular weight is 254 g/mol. The van der Waals surface area contributed by atoms with E-state index in [1.807, 2.05) is 6.92 Å². The van der Waals surface area contributed by atoms with Crippen molar-refractivity contribution in [3.05, 3.63) is 23.8 Å². The summed E-state index contributed by atoms with van der Waals surface area (Å²) >= 11 is 0. The van der Waals surface area contributed by atoms with Gasteiger partial charge in [-0.2, -0.15) is 0 Å². The Labute approximate surface area is 108 Å². The second-order valence-corrected chi connectivity index (χ2v) is 4.43. The predicted molar refractivity (Wildman–Crippen MR) is 69.9 cm³/mol. The van der Waals surface area contributed by atoms with Crippen molar-refractivity contribution in [2.45, 2.75) is 44.8 Å². The van der Waals surface area contributed by atoms with Crippen molar-refractivity contribution >= 4 is 0 Å². The van der Waals surface area contributed by atoms with E-state index in [1.165, 1.54) is 7.11 Å². The zero-order valence-electron chi connectivity index (χ0n) is 11.0. The van der Waals surface area contributed by atoms with Gasteiger partial charge in [-0.05, 0) is 30.9 Å². The molecule has 0 saturated carbocycles. The maximum absolute atomic E-state index is 9.87. The van der Waals surface area contributed by atoms with Crippen LogP contribution in [0.3, 0.4) is 0 Å². The average Bonchev–Trinajstić information content (AvgIpc) is 2.37. The Morgan fingerprint density at radius 1 is 1.17 bits per heavy atom. The topological polar surface area (TPSA) is 69.9 Å². The molecule has 1 aromatic rings. The maximum atomic E-state index is 9.87. The Morgan fingerprint density at radius 3 is 2.44 bits per heavy atom. The molecule has 0 aliphatic carbocycles. The van der Waals surface area contributed by atoms with E-state index < -0.39 is 12.2 Å². The van der Waals surface area contributed by atoms with E-state index in [0.717, 1.165) is 12.0 Å². The number of methoxy groups -OCH3 is 1. The first-order chi connectivity index (χ1) is 8.60. The summed E-state index contributed by atoms with van der Waals surface area (Å²) in [5.41, 5.74) is 0.720. The monoisotopic (exact) mass is 254 g/mol. The number of rotatable bonds is 7. The molecular formula is C14H22O4. The molecule has 2 unspecified atom stereocenters. The number of aliphatic hydroxyl groups excluding tert-OH is 2. The van der Waals surface area contributed by atoms with Crippen LogP contribution >= 0.6 is 0 Å². The van der Waals surface area contributed by atoms with Crippen molar-refractivity contribution in [3.8, 4) is 11.5 Å². The highest BCUT2D eigenvalue weighted by atomic mass is 16.5. The summed E-state index contributed by atoms with van der Waals surface area (Å²) in [6.45, 7) is 1.96. The third-order valence-corrected chi connectivity index (χ3v) is 3.04. The van der Waals surface area contributed by atoms with Crippen LogP contribution in [0.25, 0.3) is 0 Å². The molecule has 4 nitrogen and oxygen atoms in total. The standard InChI is InChI=1S/C14H22O4/c1-3-5-11(15)12(16)9-8-10-6-4-7-13(18-2)14(10)17/h4,6-7,11-12,15-17H,3,5,8-9H2,1-2H3. The summed E-state index contributed by atoms with van der Waals surface area (Å²) < 4.78 is 5.02. The van der Waals surface area contributed by atoms with Crippen LogP contribution in [0.4, 0.5) is 0 Å². The van der Waals surface area contributed by atoms with E-state index in [0.29, 0.717) is 25.0 Å². The number of aryl methyl sites for hydroxylation is 1. The number of aliphatic hydroxyl groups is 2. The predicted octanol–water partition coefficient (Wildman–Crippen LogP) is 1.86. The van der Waals surface area contributed by atoms with Crippen LogP contribution in [0, 0.1) is 0 Å². The molecule has 0 aliphatic rings. The van der Waals surface area contributed by atoms with Crippen LogP contribution in [0.15, 0.2) is 18.2 Å². The minimum atomic E-state index is -0.754. The van der Waals surface area contributed by atoms with Gasteiger partial charge in [0, 0.05) is 0 Å². The highest BCUT2D eigenvalue weighted by molar-refractivity contribution is 5.45. The summed E-state index contributed by atoms with van der Waals surface area (Å²) in [7, 11) is 1.50. The molecule has 0 heterocycles. The Morgan fingerprint density at radius 2 is 1.83 bits per heavy atom. The third kappa shape index (κ3) is 3.89. The second kappa shape index (κ2) is 7.24. The van der Waals surface area contributed by atoms with Gasteiger partial charge in [-0.1, -0.05) is 25.5 Å². The number of para-hydroxylation sites is 1. The van der Waals surface area contributed by atoms with Gasteiger partial charge in [0.15, 0.2) is 11.5 Å². The van der Waals surface area contributed by atoms with Crippen LogP contribution in [0.5, 0.6) is 11.5 Å². The van der Waals surface area contributed by atoms with Gasteiger partial charge >= 0.3 is 0 Å². The van der Waals surface area contributed by atoms with Gasteiger partial charge in [-0.25, -0.2) is 0 Å². The molecule has 0 saturated heterocycles. The van der Waals surface area contributed by atoms with Crippen molar-refractivity contribution in [2.24, 2.45) is 0 Å². The number of benzene rings is 1. The van der Waals surface area contributed by atoms with Crippen molar-refractivity contribution < 1.29 is 20.1 Å². The first kappa shape index (κ1) is 14.8. The molecule has 0 aromatic heterocycles. The van der Waals surface area contributed by atoms with Crippen molar-refractivity contribution in [1.82, 2.24) is 0 Å². The lowest BCUT2D eigenvalue weighted by Crippen LogP contribution is -2.26. The summed E-state index contributed by atoms with van der Waals surface area (Å²) in [4.78, 5) is 0. The summed E-state index contributed by atoms with van der Waals surface area (Å²) in [5, 5.41) is 29.3. The lowest BCUT2D eigenvalue weighted by atomic mass is 10.0. The van der Waals surface area contributed by atoms with Gasteiger partial charge in [-0.3, -0.25) is 0 Å². The largest absolute Gasteiger partial charge is 0.504 e. The third-order valence-electron chi connectivity index (χ3n) is 3.04. The van der Waals surface area contributed by atoms with Gasteiger partial charge in [0.1, 0.15) is 0 Å². The number of hydrogen-bond acceptors (Lipinski definition) is 4. The van der Waals surface area contributed by atoms with Gasteiger partial charge < -0.3 is 20.1 Å². The zero-order chi connectivity index (χ0) is 13.5. The fourth-order valence-electron chi connectivity index (χ4n) is 1.92. The van der Waals surface area contributed by atoms with E-state index in [1.54, 1.807) is 18.2 Å². The molecule has 2 atom stereocenters. The fraction of sp³-hybridized carbons (Fsp3) is 0.571. The minimum absolute atomic E-state index is 0.109. The molecule has 18 heavy (non-hydrogen) atoms. The Balaban J connectivity index is 2.58. The van der Waals surface area contributed by atoms with Gasteiger partial charge in [0.05, 0.1) is 19.3 Å². The molecule has 1 rings (SSSR count). The number of phenols is 1. The van der Waals surface area contributed by atoms with Crippen molar-refractivity contribution in [1.29, 1.82) is 0 Å². The second-order valence-electron chi connectivity index (χ2n) is 4.43. The maximum Gasteiger partial charge on any atom is 0.160 e. The van der Waals surface area contributed by atoms with Gasteiger partial charge in [0.2, 0.25) is 0 Å². The summed E-state index contributed by atoms with van der Waals surface area (Å²) in [5.74, 6) is 0.535. The Bertz CT molecular complexity index is 365. The van der Waals surface area contributed by atoms with E-state index in [9.17, 15) is 15.3 Å². The molecule has 0 fully saturated rings. The van der Waals surface area contributed by atoms with E-state index in [-0.39, 0.29) is 5.75 Å². The van der Waals surface area contributed by atoms with E-state index >= 15 is 0 Å². The van der Waals surface area contributed by atoms with Crippen LogP contribution in [0.1, 0.15) is 31.7 Å². The van der Waals surface area contributed by atoms with Gasteiger partial charge in [-0.15, -0.1) is 0 Å². The fourth-order valence-corrected chi connectivity index (χ4v) is 1.92. The molecule has 1 aromatic carbocycles. The molecular weight excluding hydrogens is 232 g/mol. The first-order valence-corrected chi connectivity index (χ1v) is 6.31. The molecule has 3 N–H and O–H groups in total. The normalized spacial score (nSPS) is 14.2. The minimum Gasteiger partial charge on any atom is -0.504 e. The van der Waals surface area contributed by atoms with Crippen LogP contribution in [-0.4, -0.2) is 34.6 Å². The number of hydrogen-bond donors (Lipinski definition) is 3. The van der Waals surface area contributed by atoms with Crippen LogP contribution < -0.4 is 4.74 Å².